The Kier molecular flexibility index (Phi) is 3.81. The van der Waals surface area contributed by atoms with Crippen LogP contribution in [0.2, 0.25) is 0 Å². The predicted octanol–water partition coefficient (Wildman–Crippen LogP) is 3.56. The van der Waals surface area contributed by atoms with Crippen LogP contribution < -0.4 is 10.2 Å². The highest BCUT2D eigenvalue weighted by molar-refractivity contribution is 9.10. The van der Waals surface area contributed by atoms with Crippen LogP contribution in [0.1, 0.15) is 26.2 Å². The summed E-state index contributed by atoms with van der Waals surface area (Å²) in [5.41, 5.74) is 0.999. The van der Waals surface area contributed by atoms with Crippen LogP contribution in [0.5, 0.6) is 0 Å². The lowest BCUT2D eigenvalue weighted by molar-refractivity contribution is 0.359. The zero-order chi connectivity index (χ0) is 13.4. The number of halogens is 2. The Morgan fingerprint density at radius 1 is 1.42 bits per heavy atom. The highest BCUT2D eigenvalue weighted by Crippen LogP contribution is 2.37. The van der Waals surface area contributed by atoms with Crippen molar-refractivity contribution in [3.05, 3.63) is 28.5 Å². The molecule has 2 nitrogen and oxygen atoms in total. The van der Waals surface area contributed by atoms with Gasteiger partial charge in [0.15, 0.2) is 0 Å². The van der Waals surface area contributed by atoms with E-state index in [9.17, 15) is 4.39 Å². The number of piperazine rings is 1. The van der Waals surface area contributed by atoms with Gasteiger partial charge >= 0.3 is 0 Å². The molecule has 2 unspecified atom stereocenters. The molecule has 1 aromatic rings. The number of anilines is 1. The lowest BCUT2D eigenvalue weighted by atomic mass is 10.0. The predicted molar refractivity (Wildman–Crippen MR) is 80.0 cm³/mol. The van der Waals surface area contributed by atoms with Crippen molar-refractivity contribution in [1.29, 1.82) is 0 Å². The first-order valence-corrected chi connectivity index (χ1v) is 7.93. The molecule has 2 aliphatic rings. The van der Waals surface area contributed by atoms with E-state index < -0.39 is 0 Å². The minimum atomic E-state index is -0.158. The molecule has 1 aromatic carbocycles. The molecule has 1 saturated carbocycles. The van der Waals surface area contributed by atoms with Crippen molar-refractivity contribution in [2.75, 3.05) is 18.0 Å². The van der Waals surface area contributed by atoms with Gasteiger partial charge in [0, 0.05) is 29.6 Å². The second-order valence-electron chi connectivity index (χ2n) is 5.66. The first-order chi connectivity index (χ1) is 9.19. The van der Waals surface area contributed by atoms with Gasteiger partial charge in [-0.05, 0) is 59.3 Å². The molecule has 0 amide bonds. The van der Waals surface area contributed by atoms with Crippen LogP contribution in [0.3, 0.4) is 0 Å². The molecule has 0 bridgehead atoms. The van der Waals surface area contributed by atoms with E-state index in [1.54, 1.807) is 6.07 Å². The molecule has 0 aromatic heterocycles. The molecule has 1 aliphatic carbocycles. The van der Waals surface area contributed by atoms with Crippen molar-refractivity contribution in [2.24, 2.45) is 5.92 Å². The first kappa shape index (κ1) is 13.4. The Morgan fingerprint density at radius 2 is 2.21 bits per heavy atom. The van der Waals surface area contributed by atoms with E-state index in [0.29, 0.717) is 12.1 Å². The SMILES string of the molecule is CCC1CNC(C2CC2)CN1c1cc(F)ccc1Br. The molecule has 4 heteroatoms. The standard InChI is InChI=1S/C15H20BrFN2/c1-2-12-8-18-14(10-3-4-10)9-19(12)15-7-11(17)5-6-13(15)16/h5-7,10,12,14,18H,2-4,8-9H2,1H3. The maximum absolute atomic E-state index is 13.5. The average molecular weight is 327 g/mol. The topological polar surface area (TPSA) is 15.3 Å². The van der Waals surface area contributed by atoms with E-state index in [1.165, 1.54) is 18.9 Å². The number of benzene rings is 1. The lowest BCUT2D eigenvalue weighted by Crippen LogP contribution is -2.57. The number of hydrogen-bond acceptors (Lipinski definition) is 2. The van der Waals surface area contributed by atoms with Crippen LogP contribution in [0.4, 0.5) is 10.1 Å². The summed E-state index contributed by atoms with van der Waals surface area (Å²) in [6, 6.07) is 5.99. The highest BCUT2D eigenvalue weighted by Gasteiger charge is 2.37. The maximum Gasteiger partial charge on any atom is 0.125 e. The van der Waals surface area contributed by atoms with Crippen molar-refractivity contribution < 1.29 is 4.39 Å². The molecule has 19 heavy (non-hydrogen) atoms. The van der Waals surface area contributed by atoms with Crippen molar-refractivity contribution in [1.82, 2.24) is 5.32 Å². The normalized spacial score (nSPS) is 27.6. The number of hydrogen-bond donors (Lipinski definition) is 1. The molecule has 1 N–H and O–H groups in total. The molecule has 104 valence electrons. The Labute approximate surface area is 122 Å². The van der Waals surface area contributed by atoms with Gasteiger partial charge in [-0.25, -0.2) is 4.39 Å². The second-order valence-corrected chi connectivity index (χ2v) is 6.52. The van der Waals surface area contributed by atoms with Crippen molar-refractivity contribution >= 4 is 21.6 Å². The van der Waals surface area contributed by atoms with E-state index in [1.807, 2.05) is 6.07 Å². The fourth-order valence-corrected chi connectivity index (χ4v) is 3.48. The van der Waals surface area contributed by atoms with E-state index in [0.717, 1.165) is 35.6 Å². The maximum atomic E-state index is 13.5. The average Bonchev–Trinajstić information content (AvgIpc) is 3.25. The van der Waals surface area contributed by atoms with Crippen LogP contribution in [0, 0.1) is 11.7 Å². The molecule has 2 fully saturated rings. The van der Waals surface area contributed by atoms with Gasteiger partial charge in [0.25, 0.3) is 0 Å². The van der Waals surface area contributed by atoms with Crippen LogP contribution in [0.15, 0.2) is 22.7 Å². The monoisotopic (exact) mass is 326 g/mol. The fraction of sp³-hybridized carbons (Fsp3) is 0.600. The summed E-state index contributed by atoms with van der Waals surface area (Å²) >= 11 is 3.57. The smallest absolute Gasteiger partial charge is 0.125 e. The minimum Gasteiger partial charge on any atom is -0.365 e. The van der Waals surface area contributed by atoms with Crippen molar-refractivity contribution in [2.45, 2.75) is 38.3 Å². The van der Waals surface area contributed by atoms with Gasteiger partial charge in [-0.3, -0.25) is 0 Å². The molecule has 1 aliphatic heterocycles. The van der Waals surface area contributed by atoms with E-state index in [2.05, 4.69) is 33.1 Å². The van der Waals surface area contributed by atoms with E-state index in [4.69, 9.17) is 0 Å². The van der Waals surface area contributed by atoms with E-state index in [-0.39, 0.29) is 5.82 Å². The number of nitrogens with zero attached hydrogens (tertiary/aromatic N) is 1. The van der Waals surface area contributed by atoms with Gasteiger partial charge in [-0.2, -0.15) is 0 Å². The van der Waals surface area contributed by atoms with Crippen LogP contribution >= 0.6 is 15.9 Å². The highest BCUT2D eigenvalue weighted by atomic mass is 79.9. The Bertz CT molecular complexity index is 461. The quantitative estimate of drug-likeness (QED) is 0.913. The first-order valence-electron chi connectivity index (χ1n) is 7.14. The van der Waals surface area contributed by atoms with Gasteiger partial charge in [0.05, 0.1) is 5.69 Å². The third-order valence-corrected chi connectivity index (χ3v) is 5.00. The number of nitrogens with one attached hydrogen (secondary N) is 1. The van der Waals surface area contributed by atoms with Gasteiger partial charge in [0.2, 0.25) is 0 Å². The van der Waals surface area contributed by atoms with Crippen LogP contribution in [-0.4, -0.2) is 25.2 Å². The summed E-state index contributed by atoms with van der Waals surface area (Å²) in [5.74, 6) is 0.669. The Hall–Kier alpha value is -0.610. The Morgan fingerprint density at radius 3 is 2.89 bits per heavy atom. The molecule has 0 spiro atoms. The second kappa shape index (κ2) is 5.41. The van der Waals surface area contributed by atoms with Gasteiger partial charge < -0.3 is 10.2 Å². The summed E-state index contributed by atoms with van der Waals surface area (Å²) in [6.45, 7) is 4.19. The third kappa shape index (κ3) is 2.79. The zero-order valence-corrected chi connectivity index (χ0v) is 12.8. The molecule has 3 rings (SSSR count). The largest absolute Gasteiger partial charge is 0.365 e. The third-order valence-electron chi connectivity index (χ3n) is 4.33. The van der Waals surface area contributed by atoms with Crippen LogP contribution in [0.25, 0.3) is 0 Å². The fourth-order valence-electron chi connectivity index (χ4n) is 3.00. The summed E-state index contributed by atoms with van der Waals surface area (Å²) in [6.07, 6.45) is 3.76. The molecular weight excluding hydrogens is 307 g/mol. The molecule has 0 radical (unpaired) electrons. The molecule has 1 heterocycles. The van der Waals surface area contributed by atoms with Gasteiger partial charge in [0.1, 0.15) is 5.82 Å². The summed E-state index contributed by atoms with van der Waals surface area (Å²) < 4.78 is 14.5. The van der Waals surface area contributed by atoms with Crippen LogP contribution in [-0.2, 0) is 0 Å². The summed E-state index contributed by atoms with van der Waals surface area (Å²) in [5, 5.41) is 3.67. The minimum absolute atomic E-state index is 0.158. The van der Waals surface area contributed by atoms with Crippen molar-refractivity contribution in [3.8, 4) is 0 Å². The summed E-state index contributed by atoms with van der Waals surface area (Å²) in [4.78, 5) is 2.38. The van der Waals surface area contributed by atoms with Gasteiger partial charge in [-0.15, -0.1) is 0 Å². The zero-order valence-electron chi connectivity index (χ0n) is 11.2. The lowest BCUT2D eigenvalue weighted by Gasteiger charge is -2.42. The summed E-state index contributed by atoms with van der Waals surface area (Å²) in [7, 11) is 0. The Balaban J connectivity index is 1.87. The van der Waals surface area contributed by atoms with Gasteiger partial charge in [-0.1, -0.05) is 6.92 Å². The van der Waals surface area contributed by atoms with Crippen molar-refractivity contribution in [3.63, 3.8) is 0 Å². The molecule has 1 saturated heterocycles. The number of rotatable bonds is 3. The van der Waals surface area contributed by atoms with E-state index >= 15 is 0 Å². The molecular formula is C15H20BrFN2. The molecule has 2 atom stereocenters.